The molecule has 0 bridgehead atoms. The van der Waals surface area contributed by atoms with Crippen molar-refractivity contribution in [3.05, 3.63) is 62.9 Å². The highest BCUT2D eigenvalue weighted by Gasteiger charge is 2.19. The van der Waals surface area contributed by atoms with Crippen molar-refractivity contribution >= 4 is 24.1 Å². The number of hydrogen-bond acceptors (Lipinski definition) is 7. The molecule has 10 heteroatoms. The van der Waals surface area contributed by atoms with Crippen LogP contribution in [0.15, 0.2) is 47.6 Å². The summed E-state index contributed by atoms with van der Waals surface area (Å²) < 4.78 is 12.0. The molecule has 1 N–H and O–H groups in total. The van der Waals surface area contributed by atoms with Crippen molar-refractivity contribution in [2.75, 3.05) is 14.2 Å². The molecule has 9 nitrogen and oxygen atoms in total. The molecule has 1 aromatic heterocycles. The number of aromatic nitrogens is 3. The Kier molecular flexibility index (Phi) is 5.27. The van der Waals surface area contributed by atoms with Crippen LogP contribution in [0.1, 0.15) is 5.56 Å². The molecule has 138 valence electrons. The third-order valence-corrected chi connectivity index (χ3v) is 3.99. The summed E-state index contributed by atoms with van der Waals surface area (Å²) in [5.74, 6) is 0.982. The van der Waals surface area contributed by atoms with Gasteiger partial charge in [-0.15, -0.1) is 0 Å². The Morgan fingerprint density at radius 3 is 2.56 bits per heavy atom. The van der Waals surface area contributed by atoms with E-state index in [0.717, 1.165) is 5.56 Å². The second kappa shape index (κ2) is 7.79. The fourth-order valence-electron chi connectivity index (χ4n) is 2.44. The number of benzene rings is 2. The number of methoxy groups -OCH3 is 2. The molecule has 0 atom stereocenters. The van der Waals surface area contributed by atoms with Crippen molar-refractivity contribution in [3.8, 4) is 22.9 Å². The van der Waals surface area contributed by atoms with Gasteiger partial charge in [0.2, 0.25) is 10.5 Å². The number of nitrogens with one attached hydrogen (secondary N) is 1. The average molecular weight is 385 g/mol. The third kappa shape index (κ3) is 3.70. The standard InChI is InChI=1S/C17H15N5O4S/c1-25-14-9-15(26-2)13(22(23)24)8-12(14)10-18-21-16(19-20-17(21)27)11-6-4-3-5-7-11/h3-10H,1-2H3,(H,20,27)/b18-10-. The number of hydrogen-bond donors (Lipinski definition) is 1. The van der Waals surface area contributed by atoms with E-state index in [4.69, 9.17) is 21.7 Å². The largest absolute Gasteiger partial charge is 0.496 e. The van der Waals surface area contributed by atoms with Crippen LogP contribution in [0.2, 0.25) is 0 Å². The summed E-state index contributed by atoms with van der Waals surface area (Å²) in [6.45, 7) is 0. The highest BCUT2D eigenvalue weighted by atomic mass is 32.1. The molecule has 0 aliphatic carbocycles. The lowest BCUT2D eigenvalue weighted by Gasteiger charge is -2.08. The molecular formula is C17H15N5O4S. The van der Waals surface area contributed by atoms with Crippen LogP contribution in [0.25, 0.3) is 11.4 Å². The van der Waals surface area contributed by atoms with E-state index in [-0.39, 0.29) is 16.2 Å². The number of nitro groups is 1. The number of nitrogens with zero attached hydrogens (tertiary/aromatic N) is 4. The molecule has 0 saturated carbocycles. The zero-order chi connectivity index (χ0) is 19.4. The SMILES string of the molecule is COc1cc(OC)c([N+](=O)[O-])cc1/C=N\n1c(-c2ccccc2)n[nH]c1=S. The lowest BCUT2D eigenvalue weighted by molar-refractivity contribution is -0.385. The van der Waals surface area contributed by atoms with Crippen LogP contribution in [0, 0.1) is 14.9 Å². The van der Waals surface area contributed by atoms with Crippen LogP contribution in [-0.2, 0) is 0 Å². The Balaban J connectivity index is 2.07. The monoisotopic (exact) mass is 385 g/mol. The minimum absolute atomic E-state index is 0.0962. The summed E-state index contributed by atoms with van der Waals surface area (Å²) in [5.41, 5.74) is 1.01. The Hall–Kier alpha value is -3.53. The molecule has 2 aromatic carbocycles. The van der Waals surface area contributed by atoms with Crippen LogP contribution >= 0.6 is 12.2 Å². The molecule has 0 radical (unpaired) electrons. The van der Waals surface area contributed by atoms with Crippen LogP contribution < -0.4 is 9.47 Å². The number of nitro benzene ring substituents is 1. The second-order valence-electron chi connectivity index (χ2n) is 5.30. The maximum absolute atomic E-state index is 11.3. The van der Waals surface area contributed by atoms with Gasteiger partial charge in [0.1, 0.15) is 5.75 Å². The summed E-state index contributed by atoms with van der Waals surface area (Å²) in [4.78, 5) is 10.7. The summed E-state index contributed by atoms with van der Waals surface area (Å²) in [5, 5.41) is 22.5. The van der Waals surface area contributed by atoms with Gasteiger partial charge in [-0.1, -0.05) is 30.3 Å². The zero-order valence-electron chi connectivity index (χ0n) is 14.4. The quantitative estimate of drug-likeness (QED) is 0.301. The van der Waals surface area contributed by atoms with E-state index in [9.17, 15) is 10.1 Å². The van der Waals surface area contributed by atoms with Crippen molar-refractivity contribution in [2.45, 2.75) is 0 Å². The van der Waals surface area contributed by atoms with Gasteiger partial charge >= 0.3 is 5.69 Å². The number of H-pyrrole nitrogens is 1. The maximum Gasteiger partial charge on any atom is 0.311 e. The average Bonchev–Trinajstić information content (AvgIpc) is 3.06. The Bertz CT molecular complexity index is 1060. The van der Waals surface area contributed by atoms with Crippen molar-refractivity contribution in [1.29, 1.82) is 0 Å². The van der Waals surface area contributed by atoms with Gasteiger partial charge in [0.05, 0.1) is 25.4 Å². The predicted molar refractivity (Wildman–Crippen MR) is 102 cm³/mol. The van der Waals surface area contributed by atoms with E-state index >= 15 is 0 Å². The van der Waals surface area contributed by atoms with Gasteiger partial charge in [0.15, 0.2) is 5.82 Å². The fraction of sp³-hybridized carbons (Fsp3) is 0.118. The lowest BCUT2D eigenvalue weighted by atomic mass is 10.1. The number of ether oxygens (including phenoxy) is 2. The van der Waals surface area contributed by atoms with Crippen LogP contribution in [0.4, 0.5) is 5.69 Å². The van der Waals surface area contributed by atoms with Gasteiger partial charge in [-0.2, -0.15) is 14.9 Å². The molecule has 0 aliphatic rings. The van der Waals surface area contributed by atoms with E-state index in [1.54, 1.807) is 0 Å². The zero-order valence-corrected chi connectivity index (χ0v) is 15.3. The molecule has 3 rings (SSSR count). The summed E-state index contributed by atoms with van der Waals surface area (Å²) >= 11 is 5.23. The Morgan fingerprint density at radius 1 is 1.22 bits per heavy atom. The van der Waals surface area contributed by atoms with Gasteiger partial charge in [-0.3, -0.25) is 10.1 Å². The number of rotatable bonds is 6. The first-order chi connectivity index (χ1) is 13.0. The number of aromatic amines is 1. The topological polar surface area (TPSA) is 108 Å². The maximum atomic E-state index is 11.3. The van der Waals surface area contributed by atoms with E-state index < -0.39 is 4.92 Å². The minimum Gasteiger partial charge on any atom is -0.496 e. The smallest absolute Gasteiger partial charge is 0.311 e. The highest BCUT2D eigenvalue weighted by molar-refractivity contribution is 7.71. The highest BCUT2D eigenvalue weighted by Crippen LogP contribution is 2.33. The molecule has 0 unspecified atom stereocenters. The first-order valence-electron chi connectivity index (χ1n) is 7.72. The van der Waals surface area contributed by atoms with Crippen molar-refractivity contribution < 1.29 is 14.4 Å². The van der Waals surface area contributed by atoms with Gasteiger partial charge < -0.3 is 9.47 Å². The lowest BCUT2D eigenvalue weighted by Crippen LogP contribution is -2.00. The van der Waals surface area contributed by atoms with Crippen molar-refractivity contribution in [2.24, 2.45) is 5.10 Å². The van der Waals surface area contributed by atoms with Crippen LogP contribution in [0.3, 0.4) is 0 Å². The molecule has 3 aromatic rings. The normalized spacial score (nSPS) is 10.9. The summed E-state index contributed by atoms with van der Waals surface area (Å²) in [6, 6.07) is 12.1. The molecule has 1 heterocycles. The Morgan fingerprint density at radius 2 is 1.93 bits per heavy atom. The van der Waals surface area contributed by atoms with Crippen molar-refractivity contribution in [1.82, 2.24) is 14.9 Å². The molecule has 0 aliphatic heterocycles. The van der Waals surface area contributed by atoms with Crippen LogP contribution in [-0.4, -0.2) is 40.2 Å². The summed E-state index contributed by atoms with van der Waals surface area (Å²) in [6.07, 6.45) is 1.42. The second-order valence-corrected chi connectivity index (χ2v) is 5.68. The van der Waals surface area contributed by atoms with Gasteiger partial charge in [-0.05, 0) is 12.2 Å². The first kappa shape index (κ1) is 18.3. The molecule has 0 amide bonds. The molecule has 0 spiro atoms. The van der Waals surface area contributed by atoms with Crippen molar-refractivity contribution in [3.63, 3.8) is 0 Å². The fourth-order valence-corrected chi connectivity index (χ4v) is 2.62. The predicted octanol–water partition coefficient (Wildman–Crippen LogP) is 3.42. The summed E-state index contributed by atoms with van der Waals surface area (Å²) in [7, 11) is 2.81. The Labute approximate surface area is 159 Å². The van der Waals surface area contributed by atoms with E-state index in [1.165, 1.54) is 37.2 Å². The van der Waals surface area contributed by atoms with Gasteiger partial charge in [-0.25, -0.2) is 5.10 Å². The van der Waals surface area contributed by atoms with Crippen LogP contribution in [0.5, 0.6) is 11.5 Å². The van der Waals surface area contributed by atoms with Gasteiger partial charge in [0, 0.05) is 23.3 Å². The molecule has 0 saturated heterocycles. The molecule has 0 fully saturated rings. The van der Waals surface area contributed by atoms with E-state index in [2.05, 4.69) is 15.3 Å². The van der Waals surface area contributed by atoms with E-state index in [1.807, 2.05) is 30.3 Å². The first-order valence-corrected chi connectivity index (χ1v) is 8.13. The molecular weight excluding hydrogens is 370 g/mol. The molecule has 27 heavy (non-hydrogen) atoms. The van der Waals surface area contributed by atoms with E-state index in [0.29, 0.717) is 17.1 Å². The minimum atomic E-state index is -0.533. The third-order valence-electron chi connectivity index (χ3n) is 3.72. The van der Waals surface area contributed by atoms with Gasteiger partial charge in [0.25, 0.3) is 0 Å².